The molecule has 3 rings (SSSR count). The Bertz CT molecular complexity index is 723. The van der Waals surface area contributed by atoms with Crippen molar-refractivity contribution in [1.82, 2.24) is 0 Å². The second kappa shape index (κ2) is 10.5. The minimum Gasteiger partial charge on any atom is -0.222 e. The van der Waals surface area contributed by atoms with Gasteiger partial charge in [-0.25, -0.2) is 18.6 Å². The lowest BCUT2D eigenvalue weighted by Gasteiger charge is -2.20. The van der Waals surface area contributed by atoms with E-state index in [-0.39, 0.29) is 10.9 Å². The van der Waals surface area contributed by atoms with Crippen LogP contribution in [0.1, 0.15) is 39.5 Å². The normalized spacial score (nSPS) is 14.1. The monoisotopic (exact) mass is 426 g/mol. The Morgan fingerprint density at radius 1 is 0.926 bits per heavy atom. The largest absolute Gasteiger partial charge is 0.222 e. The molecule has 0 unspecified atom stereocenters. The minimum atomic E-state index is -4.94. The van der Waals surface area contributed by atoms with Gasteiger partial charge in [0.15, 0.2) is 9.79 Å². The molecule has 0 radical (unpaired) electrons. The van der Waals surface area contributed by atoms with Crippen LogP contribution in [0.4, 0.5) is 0 Å². The molecule has 0 saturated carbocycles. The summed E-state index contributed by atoms with van der Waals surface area (Å²) < 4.78 is 34.0. The summed E-state index contributed by atoms with van der Waals surface area (Å²) in [6.07, 6.45) is 7.42. The van der Waals surface area contributed by atoms with Crippen molar-refractivity contribution < 1.29 is 28.9 Å². The van der Waals surface area contributed by atoms with Crippen molar-refractivity contribution in [3.05, 3.63) is 59.5 Å². The Morgan fingerprint density at radius 2 is 1.41 bits per heavy atom. The summed E-state index contributed by atoms with van der Waals surface area (Å²) in [5, 5.41) is 0. The van der Waals surface area contributed by atoms with Gasteiger partial charge in [0, 0.05) is 6.42 Å². The van der Waals surface area contributed by atoms with Crippen molar-refractivity contribution in [1.29, 1.82) is 0 Å². The number of halogens is 1. The molecule has 0 bridgehead atoms. The number of fused-ring (bicyclic) bond motifs is 2. The predicted molar refractivity (Wildman–Crippen MR) is 98.8 cm³/mol. The zero-order valence-electron chi connectivity index (χ0n) is 15.4. The van der Waals surface area contributed by atoms with E-state index >= 15 is 0 Å². The van der Waals surface area contributed by atoms with Crippen LogP contribution >= 0.6 is 11.8 Å². The van der Waals surface area contributed by atoms with E-state index in [0.29, 0.717) is 0 Å². The van der Waals surface area contributed by atoms with Gasteiger partial charge < -0.3 is 0 Å². The summed E-state index contributed by atoms with van der Waals surface area (Å²) in [5.74, 6) is 0. The van der Waals surface area contributed by atoms with Crippen molar-refractivity contribution in [2.24, 2.45) is 0 Å². The van der Waals surface area contributed by atoms with Crippen LogP contribution in [0, 0.1) is 10.2 Å². The van der Waals surface area contributed by atoms with Crippen LogP contribution in [0.3, 0.4) is 0 Å². The molecule has 146 valence electrons. The SMILES string of the molecule is CCCC/C=C(/CC)[S+]1c2ccccc2Sc2ccccc21.[O-][Cl+3]([O-])([O-])[O-]. The fraction of sp³-hybridized carbons (Fsp3) is 0.300. The van der Waals surface area contributed by atoms with Gasteiger partial charge >= 0.3 is 0 Å². The highest BCUT2D eigenvalue weighted by Gasteiger charge is 2.38. The van der Waals surface area contributed by atoms with Crippen LogP contribution < -0.4 is 18.6 Å². The Morgan fingerprint density at radius 3 is 1.85 bits per heavy atom. The highest BCUT2D eigenvalue weighted by molar-refractivity contribution is 8.05. The summed E-state index contributed by atoms with van der Waals surface area (Å²) in [6.45, 7) is 4.57. The third-order valence-electron chi connectivity index (χ3n) is 3.90. The Balaban J connectivity index is 0.000000465. The van der Waals surface area contributed by atoms with Crippen molar-refractivity contribution in [3.63, 3.8) is 0 Å². The highest BCUT2D eigenvalue weighted by atomic mass is 35.7. The quantitative estimate of drug-likeness (QED) is 0.538. The maximum absolute atomic E-state index is 8.49. The van der Waals surface area contributed by atoms with Gasteiger partial charge in [0.1, 0.15) is 4.91 Å². The number of unbranched alkanes of at least 4 members (excludes halogenated alkanes) is 2. The van der Waals surface area contributed by atoms with Gasteiger partial charge in [-0.3, -0.25) is 0 Å². The molecule has 0 saturated heterocycles. The van der Waals surface area contributed by atoms with E-state index in [1.807, 2.05) is 11.8 Å². The topological polar surface area (TPSA) is 92.2 Å². The van der Waals surface area contributed by atoms with Gasteiger partial charge in [-0.05, 0) is 43.2 Å². The van der Waals surface area contributed by atoms with Gasteiger partial charge in [0.05, 0.1) is 20.7 Å². The van der Waals surface area contributed by atoms with E-state index in [2.05, 4.69) is 68.5 Å². The first-order chi connectivity index (χ1) is 12.8. The van der Waals surface area contributed by atoms with Crippen LogP contribution in [0.2, 0.25) is 0 Å². The van der Waals surface area contributed by atoms with Gasteiger partial charge in [0.2, 0.25) is 0 Å². The Hall–Kier alpha value is -0.990. The molecule has 1 aliphatic rings. The van der Waals surface area contributed by atoms with Crippen molar-refractivity contribution in [2.75, 3.05) is 0 Å². The summed E-state index contributed by atoms with van der Waals surface area (Å²) in [5.41, 5.74) is 0. The molecule has 4 nitrogen and oxygen atoms in total. The molecule has 0 amide bonds. The average Bonchev–Trinajstić information content (AvgIpc) is 2.62. The first-order valence-electron chi connectivity index (χ1n) is 8.76. The predicted octanol–water partition coefficient (Wildman–Crippen LogP) is 1.92. The number of benzene rings is 2. The number of allylic oxidation sites excluding steroid dienone is 2. The molecular weight excluding hydrogens is 404 g/mol. The molecule has 0 N–H and O–H groups in total. The Kier molecular flexibility index (Phi) is 8.69. The van der Waals surface area contributed by atoms with Crippen molar-refractivity contribution in [3.8, 4) is 0 Å². The van der Waals surface area contributed by atoms with Crippen LogP contribution in [-0.4, -0.2) is 0 Å². The molecule has 0 spiro atoms. The molecule has 2 aromatic rings. The fourth-order valence-electron chi connectivity index (χ4n) is 2.76. The Labute approximate surface area is 170 Å². The lowest BCUT2D eigenvalue weighted by atomic mass is 10.2. The summed E-state index contributed by atoms with van der Waals surface area (Å²) >= 11 is 1.92. The van der Waals surface area contributed by atoms with Gasteiger partial charge in [-0.1, -0.05) is 56.3 Å². The van der Waals surface area contributed by atoms with Crippen LogP contribution in [0.5, 0.6) is 0 Å². The molecule has 1 aliphatic heterocycles. The lowest BCUT2D eigenvalue weighted by molar-refractivity contribution is -2.00. The third kappa shape index (κ3) is 6.84. The van der Waals surface area contributed by atoms with E-state index < -0.39 is 10.2 Å². The van der Waals surface area contributed by atoms with Crippen molar-refractivity contribution in [2.45, 2.75) is 59.1 Å². The van der Waals surface area contributed by atoms with Crippen LogP contribution in [-0.2, 0) is 10.9 Å². The van der Waals surface area contributed by atoms with E-state index in [1.165, 1.54) is 38.8 Å². The molecule has 0 aromatic heterocycles. The minimum absolute atomic E-state index is 0.104. The zero-order chi connectivity index (χ0) is 19.9. The molecule has 0 atom stereocenters. The maximum atomic E-state index is 8.49. The highest BCUT2D eigenvalue weighted by Crippen LogP contribution is 2.48. The van der Waals surface area contributed by atoms with E-state index in [4.69, 9.17) is 18.6 Å². The summed E-state index contributed by atoms with van der Waals surface area (Å²) in [6, 6.07) is 17.9. The zero-order valence-corrected chi connectivity index (χ0v) is 17.7. The number of rotatable bonds is 5. The molecule has 1 heterocycles. The molecule has 0 fully saturated rings. The third-order valence-corrected chi connectivity index (χ3v) is 7.88. The van der Waals surface area contributed by atoms with Crippen LogP contribution in [0.25, 0.3) is 0 Å². The maximum Gasteiger partial charge on any atom is 0.180 e. The average molecular weight is 427 g/mol. The van der Waals surface area contributed by atoms with Crippen LogP contribution in [0.15, 0.2) is 79.1 Å². The van der Waals surface area contributed by atoms with E-state index in [1.54, 1.807) is 4.91 Å². The van der Waals surface area contributed by atoms with Crippen molar-refractivity contribution >= 4 is 22.7 Å². The molecule has 2 aromatic carbocycles. The standard InChI is InChI=1S/C20H23S2.ClHO4/c1-3-5-6-11-16(4-2)22-19-14-9-7-12-17(19)21-18-13-8-10-15-20(18)22;2-1(3,4)5/h7-15H,3-6H2,1-2H3;(H,2,3,4,5)/q+1;/p-1/b16-11-;. The number of hydrogen-bond donors (Lipinski definition) is 0. The summed E-state index contributed by atoms with van der Waals surface area (Å²) in [7, 11) is -4.84. The second-order valence-electron chi connectivity index (χ2n) is 5.85. The van der Waals surface area contributed by atoms with E-state index in [0.717, 1.165) is 6.42 Å². The summed E-state index contributed by atoms with van der Waals surface area (Å²) in [4.78, 5) is 7.49. The van der Waals surface area contributed by atoms with Gasteiger partial charge in [0.25, 0.3) is 0 Å². The first-order valence-corrected chi connectivity index (χ1v) is 12.0. The first kappa shape index (κ1) is 22.3. The lowest BCUT2D eigenvalue weighted by Crippen LogP contribution is -2.68. The van der Waals surface area contributed by atoms with Gasteiger partial charge in [-0.2, -0.15) is 0 Å². The second-order valence-corrected chi connectivity index (χ2v) is 9.70. The van der Waals surface area contributed by atoms with Gasteiger partial charge in [-0.15, -0.1) is 10.2 Å². The molecule has 27 heavy (non-hydrogen) atoms. The molecular formula is C20H23ClO4S2. The molecule has 0 aliphatic carbocycles. The molecule has 7 heteroatoms. The fourth-order valence-corrected chi connectivity index (χ4v) is 6.73. The van der Waals surface area contributed by atoms with E-state index in [9.17, 15) is 0 Å². The number of hydrogen-bond acceptors (Lipinski definition) is 5. The smallest absolute Gasteiger partial charge is 0.180 e.